The molecule has 0 N–H and O–H groups in total. The lowest BCUT2D eigenvalue weighted by atomic mass is 9.98. The lowest BCUT2D eigenvalue weighted by Gasteiger charge is -2.22. The third-order valence-corrected chi connectivity index (χ3v) is 1.92. The van der Waals surface area contributed by atoms with Crippen molar-refractivity contribution in [1.82, 2.24) is 0 Å². The molecular weight excluding hydrogens is 124 g/mol. The number of allylic oxidation sites excluding steroid dienone is 1. The number of ether oxygens (including phenoxy) is 1. The van der Waals surface area contributed by atoms with Crippen molar-refractivity contribution < 1.29 is 4.74 Å². The Morgan fingerprint density at radius 1 is 1.30 bits per heavy atom. The van der Waals surface area contributed by atoms with Crippen LogP contribution in [-0.2, 0) is 4.74 Å². The average molecular weight is 140 g/mol. The first-order valence-corrected chi connectivity index (χ1v) is 4.11. The first kappa shape index (κ1) is 7.64. The van der Waals surface area contributed by atoms with Crippen LogP contribution in [-0.4, -0.2) is 6.10 Å². The van der Waals surface area contributed by atoms with Gasteiger partial charge in [-0.05, 0) is 32.6 Å². The van der Waals surface area contributed by atoms with Gasteiger partial charge >= 0.3 is 0 Å². The van der Waals surface area contributed by atoms with E-state index >= 15 is 0 Å². The van der Waals surface area contributed by atoms with Gasteiger partial charge in [0, 0.05) is 0 Å². The summed E-state index contributed by atoms with van der Waals surface area (Å²) in [6, 6.07) is 0. The van der Waals surface area contributed by atoms with E-state index in [2.05, 4.69) is 6.58 Å². The Bertz CT molecular complexity index is 112. The fraction of sp³-hybridized carbons (Fsp3) is 0.778. The first-order valence-electron chi connectivity index (χ1n) is 4.11. The molecule has 1 aliphatic rings. The first-order chi connectivity index (χ1) is 4.79. The van der Waals surface area contributed by atoms with Crippen molar-refractivity contribution in [3.63, 3.8) is 0 Å². The summed E-state index contributed by atoms with van der Waals surface area (Å²) in [7, 11) is 0. The number of rotatable bonds is 2. The molecule has 0 aliphatic heterocycles. The summed E-state index contributed by atoms with van der Waals surface area (Å²) < 4.78 is 5.50. The standard InChI is InChI=1S/C9H16O/c1-8(2)10-9-6-4-3-5-7-9/h9H,1,3-7H2,2H3. The molecule has 0 saturated heterocycles. The summed E-state index contributed by atoms with van der Waals surface area (Å²) >= 11 is 0. The minimum absolute atomic E-state index is 0.478. The van der Waals surface area contributed by atoms with E-state index in [0.29, 0.717) is 6.10 Å². The Morgan fingerprint density at radius 3 is 2.40 bits per heavy atom. The fourth-order valence-corrected chi connectivity index (χ4v) is 1.47. The second kappa shape index (κ2) is 3.65. The summed E-state index contributed by atoms with van der Waals surface area (Å²) in [6.07, 6.45) is 6.98. The maximum Gasteiger partial charge on any atom is 0.0982 e. The van der Waals surface area contributed by atoms with Crippen LogP contribution in [0.1, 0.15) is 39.0 Å². The number of hydrogen-bond acceptors (Lipinski definition) is 1. The van der Waals surface area contributed by atoms with Crippen molar-refractivity contribution in [3.8, 4) is 0 Å². The zero-order chi connectivity index (χ0) is 7.40. The van der Waals surface area contributed by atoms with Crippen molar-refractivity contribution in [2.75, 3.05) is 0 Å². The van der Waals surface area contributed by atoms with E-state index in [4.69, 9.17) is 4.74 Å². The van der Waals surface area contributed by atoms with Gasteiger partial charge in [0.15, 0.2) is 0 Å². The predicted molar refractivity (Wildman–Crippen MR) is 42.8 cm³/mol. The summed E-state index contributed by atoms with van der Waals surface area (Å²) in [4.78, 5) is 0. The SMILES string of the molecule is C=C(C)OC1CCCCC1. The largest absolute Gasteiger partial charge is 0.496 e. The van der Waals surface area contributed by atoms with Crippen LogP contribution in [0.3, 0.4) is 0 Å². The van der Waals surface area contributed by atoms with E-state index in [0.717, 1.165) is 5.76 Å². The van der Waals surface area contributed by atoms with Gasteiger partial charge in [0.1, 0.15) is 0 Å². The molecule has 1 fully saturated rings. The van der Waals surface area contributed by atoms with Gasteiger partial charge in [-0.1, -0.05) is 13.0 Å². The van der Waals surface area contributed by atoms with Gasteiger partial charge in [-0.3, -0.25) is 0 Å². The van der Waals surface area contributed by atoms with E-state index in [1.807, 2.05) is 6.92 Å². The molecule has 0 aromatic rings. The molecule has 0 unspecified atom stereocenters. The van der Waals surface area contributed by atoms with Gasteiger partial charge in [0.05, 0.1) is 11.9 Å². The van der Waals surface area contributed by atoms with Crippen LogP contribution in [0.15, 0.2) is 12.3 Å². The number of hydrogen-bond donors (Lipinski definition) is 0. The predicted octanol–water partition coefficient (Wildman–Crippen LogP) is 2.87. The van der Waals surface area contributed by atoms with Gasteiger partial charge < -0.3 is 4.74 Å². The van der Waals surface area contributed by atoms with Crippen LogP contribution in [0, 0.1) is 0 Å². The van der Waals surface area contributed by atoms with Crippen LogP contribution in [0.5, 0.6) is 0 Å². The highest BCUT2D eigenvalue weighted by atomic mass is 16.5. The van der Waals surface area contributed by atoms with Crippen molar-refractivity contribution >= 4 is 0 Å². The summed E-state index contributed by atoms with van der Waals surface area (Å²) in [6.45, 7) is 5.65. The molecule has 0 atom stereocenters. The van der Waals surface area contributed by atoms with Gasteiger partial charge in [0.25, 0.3) is 0 Å². The molecule has 0 radical (unpaired) electrons. The molecule has 1 saturated carbocycles. The topological polar surface area (TPSA) is 9.23 Å². The molecule has 1 aliphatic carbocycles. The van der Waals surface area contributed by atoms with Crippen LogP contribution in [0.2, 0.25) is 0 Å². The minimum atomic E-state index is 0.478. The molecule has 0 spiro atoms. The Morgan fingerprint density at radius 2 is 1.90 bits per heavy atom. The van der Waals surface area contributed by atoms with Crippen LogP contribution in [0.4, 0.5) is 0 Å². The zero-order valence-electron chi connectivity index (χ0n) is 6.73. The fourth-order valence-electron chi connectivity index (χ4n) is 1.47. The molecule has 1 heteroatoms. The molecule has 1 rings (SSSR count). The normalized spacial score (nSPS) is 20.5. The molecule has 0 bridgehead atoms. The van der Waals surface area contributed by atoms with Crippen LogP contribution >= 0.6 is 0 Å². The highest BCUT2D eigenvalue weighted by molar-refractivity contribution is 4.78. The molecule has 1 nitrogen and oxygen atoms in total. The summed E-state index contributed by atoms with van der Waals surface area (Å²) in [5.74, 6) is 0.868. The molecule has 0 aromatic heterocycles. The Kier molecular flexibility index (Phi) is 2.79. The third-order valence-electron chi connectivity index (χ3n) is 1.92. The molecule has 0 aromatic carbocycles. The van der Waals surface area contributed by atoms with Crippen molar-refractivity contribution in [1.29, 1.82) is 0 Å². The Hall–Kier alpha value is -0.460. The van der Waals surface area contributed by atoms with Crippen LogP contribution in [0.25, 0.3) is 0 Å². The van der Waals surface area contributed by atoms with Gasteiger partial charge in [-0.2, -0.15) is 0 Å². The lowest BCUT2D eigenvalue weighted by Crippen LogP contribution is -2.15. The van der Waals surface area contributed by atoms with E-state index in [1.165, 1.54) is 32.1 Å². The van der Waals surface area contributed by atoms with Gasteiger partial charge in [-0.15, -0.1) is 0 Å². The third kappa shape index (κ3) is 2.42. The van der Waals surface area contributed by atoms with E-state index in [-0.39, 0.29) is 0 Å². The van der Waals surface area contributed by atoms with E-state index < -0.39 is 0 Å². The average Bonchev–Trinajstić information content (AvgIpc) is 1.88. The van der Waals surface area contributed by atoms with Gasteiger partial charge in [-0.25, -0.2) is 0 Å². The molecular formula is C9H16O. The monoisotopic (exact) mass is 140 g/mol. The Labute approximate surface area is 63.1 Å². The van der Waals surface area contributed by atoms with E-state index in [9.17, 15) is 0 Å². The zero-order valence-corrected chi connectivity index (χ0v) is 6.73. The van der Waals surface area contributed by atoms with Crippen molar-refractivity contribution in [2.45, 2.75) is 45.1 Å². The second-order valence-electron chi connectivity index (χ2n) is 3.08. The van der Waals surface area contributed by atoms with Crippen LogP contribution < -0.4 is 0 Å². The second-order valence-corrected chi connectivity index (χ2v) is 3.08. The van der Waals surface area contributed by atoms with Crippen molar-refractivity contribution in [3.05, 3.63) is 12.3 Å². The molecule has 58 valence electrons. The minimum Gasteiger partial charge on any atom is -0.496 e. The summed E-state index contributed by atoms with van der Waals surface area (Å²) in [5, 5.41) is 0. The highest BCUT2D eigenvalue weighted by Crippen LogP contribution is 2.21. The maximum absolute atomic E-state index is 5.50. The quantitative estimate of drug-likeness (QED) is 0.536. The maximum atomic E-state index is 5.50. The molecule has 0 heterocycles. The van der Waals surface area contributed by atoms with Crippen molar-refractivity contribution in [2.24, 2.45) is 0 Å². The molecule has 0 amide bonds. The van der Waals surface area contributed by atoms with E-state index in [1.54, 1.807) is 0 Å². The lowest BCUT2D eigenvalue weighted by molar-refractivity contribution is 0.0846. The summed E-state index contributed by atoms with van der Waals surface area (Å²) in [5.41, 5.74) is 0. The Balaban J connectivity index is 2.19. The highest BCUT2D eigenvalue weighted by Gasteiger charge is 2.13. The smallest absolute Gasteiger partial charge is 0.0982 e. The van der Waals surface area contributed by atoms with Gasteiger partial charge in [0.2, 0.25) is 0 Å². The molecule has 10 heavy (non-hydrogen) atoms.